The smallest absolute Gasteiger partial charge is 0.281 e. The molecule has 184 valence electrons. The third-order valence-corrected chi connectivity index (χ3v) is 5.76. The largest absolute Gasteiger partial charge is 0.495 e. The Balaban J connectivity index is 1.46. The molecule has 0 bridgehead atoms. The average Bonchev–Trinajstić information content (AvgIpc) is 3.16. The molecule has 1 saturated heterocycles. The molecule has 0 spiro atoms. The minimum absolute atomic E-state index is 0.228. The molecule has 3 aromatic rings. The molecule has 2 amide bonds. The van der Waals surface area contributed by atoms with Gasteiger partial charge in [0.15, 0.2) is 23.2 Å². The molecule has 8 nitrogen and oxygen atoms in total. The summed E-state index contributed by atoms with van der Waals surface area (Å²) < 4.78 is 16.4. The van der Waals surface area contributed by atoms with Crippen LogP contribution >= 0.6 is 12.2 Å². The molecule has 0 radical (unpaired) electrons. The number of amides is 2. The summed E-state index contributed by atoms with van der Waals surface area (Å²) in [5.74, 6) is 0.757. The zero-order valence-electron chi connectivity index (χ0n) is 20.0. The molecule has 3 aromatic carbocycles. The first-order valence-corrected chi connectivity index (χ1v) is 11.5. The SMILES string of the molecule is COc1ccccc1NC(=O)COc1ccc(/C=C2/NC(=S)N(c3ccccc3C)C2=O)cc1OC. The van der Waals surface area contributed by atoms with Crippen molar-refractivity contribution in [2.45, 2.75) is 6.92 Å². The van der Waals surface area contributed by atoms with Gasteiger partial charge in [0, 0.05) is 0 Å². The maximum atomic E-state index is 13.1. The molecule has 0 atom stereocenters. The highest BCUT2D eigenvalue weighted by Crippen LogP contribution is 2.31. The van der Waals surface area contributed by atoms with Crippen LogP contribution in [0.3, 0.4) is 0 Å². The summed E-state index contributed by atoms with van der Waals surface area (Å²) in [6.07, 6.45) is 1.69. The number of nitrogens with zero attached hydrogens (tertiary/aromatic N) is 1. The van der Waals surface area contributed by atoms with Gasteiger partial charge in [-0.15, -0.1) is 0 Å². The van der Waals surface area contributed by atoms with Crippen LogP contribution in [-0.2, 0) is 9.59 Å². The fraction of sp³-hybridized carbons (Fsp3) is 0.148. The molecule has 2 N–H and O–H groups in total. The zero-order valence-corrected chi connectivity index (χ0v) is 20.8. The number of para-hydroxylation sites is 3. The average molecular weight is 504 g/mol. The number of benzene rings is 3. The van der Waals surface area contributed by atoms with E-state index in [0.717, 1.165) is 11.3 Å². The van der Waals surface area contributed by atoms with Gasteiger partial charge in [-0.25, -0.2) is 0 Å². The Morgan fingerprint density at radius 2 is 1.72 bits per heavy atom. The van der Waals surface area contributed by atoms with E-state index in [0.29, 0.717) is 39.3 Å². The molecule has 0 unspecified atom stereocenters. The van der Waals surface area contributed by atoms with Crippen LogP contribution < -0.4 is 29.7 Å². The number of anilines is 2. The summed E-state index contributed by atoms with van der Waals surface area (Å²) in [5.41, 5.74) is 3.26. The Labute approximate surface area is 214 Å². The van der Waals surface area contributed by atoms with Gasteiger partial charge in [-0.05, 0) is 66.7 Å². The van der Waals surface area contributed by atoms with Crippen LogP contribution in [0.1, 0.15) is 11.1 Å². The third-order valence-electron chi connectivity index (χ3n) is 5.47. The maximum absolute atomic E-state index is 13.1. The first kappa shape index (κ1) is 24.7. The highest BCUT2D eigenvalue weighted by Gasteiger charge is 2.32. The Hall–Kier alpha value is -4.37. The lowest BCUT2D eigenvalue weighted by atomic mass is 10.1. The van der Waals surface area contributed by atoms with E-state index in [-0.39, 0.29) is 18.4 Å². The lowest BCUT2D eigenvalue weighted by molar-refractivity contribution is -0.118. The summed E-state index contributed by atoms with van der Waals surface area (Å²) >= 11 is 5.41. The second-order valence-corrected chi connectivity index (χ2v) is 8.25. The predicted molar refractivity (Wildman–Crippen MR) is 142 cm³/mol. The fourth-order valence-corrected chi connectivity index (χ4v) is 4.00. The first-order chi connectivity index (χ1) is 17.4. The molecular formula is C27H25N3O5S. The minimum Gasteiger partial charge on any atom is -0.495 e. The summed E-state index contributed by atoms with van der Waals surface area (Å²) in [6, 6.07) is 19.8. The van der Waals surface area contributed by atoms with Crippen LogP contribution in [0.4, 0.5) is 11.4 Å². The lowest BCUT2D eigenvalue weighted by Gasteiger charge is -2.16. The summed E-state index contributed by atoms with van der Waals surface area (Å²) in [4.78, 5) is 26.9. The fourth-order valence-electron chi connectivity index (χ4n) is 3.71. The van der Waals surface area contributed by atoms with Crippen LogP contribution in [0.2, 0.25) is 0 Å². The van der Waals surface area contributed by atoms with Gasteiger partial charge < -0.3 is 24.8 Å². The van der Waals surface area contributed by atoms with E-state index in [2.05, 4.69) is 10.6 Å². The van der Waals surface area contributed by atoms with E-state index in [4.69, 9.17) is 26.4 Å². The maximum Gasteiger partial charge on any atom is 0.281 e. The van der Waals surface area contributed by atoms with Crippen LogP contribution in [0.15, 0.2) is 72.4 Å². The molecule has 0 saturated carbocycles. The van der Waals surface area contributed by atoms with Gasteiger partial charge in [0.25, 0.3) is 11.8 Å². The molecule has 0 aromatic heterocycles. The number of hydrogen-bond acceptors (Lipinski definition) is 6. The third kappa shape index (κ3) is 5.31. The number of methoxy groups -OCH3 is 2. The number of nitrogens with one attached hydrogen (secondary N) is 2. The molecule has 36 heavy (non-hydrogen) atoms. The number of thiocarbonyl (C=S) groups is 1. The number of aryl methyl sites for hydroxylation is 1. The molecule has 9 heteroatoms. The van der Waals surface area contributed by atoms with Crippen molar-refractivity contribution in [2.24, 2.45) is 0 Å². The van der Waals surface area contributed by atoms with Gasteiger partial charge in [0.2, 0.25) is 0 Å². The van der Waals surface area contributed by atoms with Gasteiger partial charge in [-0.3, -0.25) is 14.5 Å². The second kappa shape index (κ2) is 10.9. The Bertz CT molecular complexity index is 1350. The molecule has 4 rings (SSSR count). The molecule has 1 aliphatic heterocycles. The van der Waals surface area contributed by atoms with Crippen molar-refractivity contribution in [2.75, 3.05) is 31.0 Å². The van der Waals surface area contributed by atoms with Crippen LogP contribution in [0.25, 0.3) is 6.08 Å². The van der Waals surface area contributed by atoms with E-state index in [1.165, 1.54) is 19.1 Å². The standard InChI is InChI=1S/C27H25N3O5S/c1-17-8-4-6-10-21(17)30-26(32)20(29-27(30)36)14-18-12-13-23(24(15-18)34-3)35-16-25(31)28-19-9-5-7-11-22(19)33-2/h4-15H,16H2,1-3H3,(H,28,31)(H,29,36)/b20-14+. The van der Waals surface area contributed by atoms with E-state index in [9.17, 15) is 9.59 Å². The van der Waals surface area contributed by atoms with Gasteiger partial charge in [0.05, 0.1) is 25.6 Å². The highest BCUT2D eigenvalue weighted by atomic mass is 32.1. The van der Waals surface area contributed by atoms with Gasteiger partial charge >= 0.3 is 0 Å². The summed E-state index contributed by atoms with van der Waals surface area (Å²) in [7, 11) is 3.04. The van der Waals surface area contributed by atoms with Gasteiger partial charge in [0.1, 0.15) is 11.4 Å². The first-order valence-electron chi connectivity index (χ1n) is 11.1. The number of carbonyl (C=O) groups excluding carboxylic acids is 2. The topological polar surface area (TPSA) is 89.1 Å². The molecule has 1 aliphatic rings. The van der Waals surface area contributed by atoms with Crippen molar-refractivity contribution in [1.29, 1.82) is 0 Å². The predicted octanol–water partition coefficient (Wildman–Crippen LogP) is 4.29. The van der Waals surface area contributed by atoms with Crippen LogP contribution in [-0.4, -0.2) is 37.8 Å². The Morgan fingerprint density at radius 1 is 1.00 bits per heavy atom. The van der Waals surface area contributed by atoms with E-state index >= 15 is 0 Å². The van der Waals surface area contributed by atoms with Crippen molar-refractivity contribution in [3.63, 3.8) is 0 Å². The summed E-state index contributed by atoms with van der Waals surface area (Å²) in [6.45, 7) is 1.70. The van der Waals surface area contributed by atoms with Crippen molar-refractivity contribution < 1.29 is 23.8 Å². The number of rotatable bonds is 8. The number of carbonyl (C=O) groups is 2. The monoisotopic (exact) mass is 503 g/mol. The quantitative estimate of drug-likeness (QED) is 0.350. The molecule has 1 heterocycles. The normalized spacial score (nSPS) is 14.0. The van der Waals surface area contributed by atoms with Crippen molar-refractivity contribution in [1.82, 2.24) is 5.32 Å². The van der Waals surface area contributed by atoms with Crippen molar-refractivity contribution >= 4 is 46.6 Å². The van der Waals surface area contributed by atoms with Gasteiger partial charge in [-0.1, -0.05) is 36.4 Å². The van der Waals surface area contributed by atoms with Crippen molar-refractivity contribution in [3.05, 3.63) is 83.6 Å². The van der Waals surface area contributed by atoms with Crippen LogP contribution in [0.5, 0.6) is 17.2 Å². The number of ether oxygens (including phenoxy) is 3. The molecule has 1 fully saturated rings. The van der Waals surface area contributed by atoms with Gasteiger partial charge in [-0.2, -0.15) is 0 Å². The second-order valence-electron chi connectivity index (χ2n) is 7.86. The van der Waals surface area contributed by atoms with E-state index in [1.54, 1.807) is 42.5 Å². The minimum atomic E-state index is -0.349. The Kier molecular flexibility index (Phi) is 7.50. The number of hydrogen-bond donors (Lipinski definition) is 2. The van der Waals surface area contributed by atoms with E-state index in [1.807, 2.05) is 37.3 Å². The van der Waals surface area contributed by atoms with Crippen molar-refractivity contribution in [3.8, 4) is 17.2 Å². The Morgan fingerprint density at radius 3 is 2.47 bits per heavy atom. The molecular weight excluding hydrogens is 478 g/mol. The molecule has 0 aliphatic carbocycles. The van der Waals surface area contributed by atoms with Crippen LogP contribution in [0, 0.1) is 6.92 Å². The summed E-state index contributed by atoms with van der Waals surface area (Å²) in [5, 5.41) is 6.06. The highest BCUT2D eigenvalue weighted by molar-refractivity contribution is 7.80. The lowest BCUT2D eigenvalue weighted by Crippen LogP contribution is -2.30. The zero-order chi connectivity index (χ0) is 25.7. The van der Waals surface area contributed by atoms with E-state index < -0.39 is 0 Å².